The quantitative estimate of drug-likeness (QED) is 0.671. The van der Waals surface area contributed by atoms with E-state index in [1.165, 1.54) is 0 Å². The van der Waals surface area contributed by atoms with Crippen LogP contribution in [-0.4, -0.2) is 12.2 Å². The lowest BCUT2D eigenvalue weighted by atomic mass is 10.1. The Kier molecular flexibility index (Phi) is 2.49. The van der Waals surface area contributed by atoms with Gasteiger partial charge in [-0.2, -0.15) is 0 Å². The predicted octanol–water partition coefficient (Wildman–Crippen LogP) is 1.53. The first kappa shape index (κ1) is 8.08. The highest BCUT2D eigenvalue weighted by Gasteiger charge is 1.96. The van der Waals surface area contributed by atoms with Gasteiger partial charge in [0.1, 0.15) is 0 Å². The molecule has 11 heavy (non-hydrogen) atoms. The number of anilines is 1. The molecule has 0 aromatic heterocycles. The minimum absolute atomic E-state index is 0.112. The fourth-order valence-corrected chi connectivity index (χ4v) is 0.997. The fraction of sp³-hybridized carbons (Fsp3) is 0.333. The van der Waals surface area contributed by atoms with E-state index in [4.69, 9.17) is 5.11 Å². The van der Waals surface area contributed by atoms with Crippen molar-refractivity contribution in [1.29, 1.82) is 0 Å². The highest BCUT2D eigenvalue weighted by atomic mass is 16.3. The average Bonchev–Trinajstić information content (AvgIpc) is 2.05. The van der Waals surface area contributed by atoms with Crippen LogP contribution in [0, 0.1) is 6.92 Å². The topological polar surface area (TPSA) is 32.3 Å². The SMILES string of the molecule is CNc1ccc(C)c(CO)c1. The molecule has 60 valence electrons. The molecule has 0 aliphatic heterocycles. The summed E-state index contributed by atoms with van der Waals surface area (Å²) in [4.78, 5) is 0. The van der Waals surface area contributed by atoms with E-state index in [0.717, 1.165) is 16.8 Å². The van der Waals surface area contributed by atoms with Gasteiger partial charge >= 0.3 is 0 Å². The molecule has 0 amide bonds. The number of rotatable bonds is 2. The zero-order valence-corrected chi connectivity index (χ0v) is 6.89. The van der Waals surface area contributed by atoms with Crippen LogP contribution < -0.4 is 5.32 Å². The first-order valence-corrected chi connectivity index (χ1v) is 3.66. The Morgan fingerprint density at radius 1 is 1.45 bits per heavy atom. The minimum atomic E-state index is 0.112. The van der Waals surface area contributed by atoms with Crippen LogP contribution in [0.15, 0.2) is 18.2 Å². The second kappa shape index (κ2) is 3.39. The molecule has 0 unspecified atom stereocenters. The molecule has 0 saturated carbocycles. The lowest BCUT2D eigenvalue weighted by Crippen LogP contribution is -1.92. The average molecular weight is 151 g/mol. The van der Waals surface area contributed by atoms with Gasteiger partial charge < -0.3 is 10.4 Å². The molecule has 0 aliphatic rings. The Morgan fingerprint density at radius 2 is 2.18 bits per heavy atom. The summed E-state index contributed by atoms with van der Waals surface area (Å²) in [5, 5.41) is 11.9. The van der Waals surface area contributed by atoms with Crippen molar-refractivity contribution in [2.75, 3.05) is 12.4 Å². The van der Waals surface area contributed by atoms with Crippen LogP contribution in [0.3, 0.4) is 0 Å². The summed E-state index contributed by atoms with van der Waals surface area (Å²) in [6.45, 7) is 2.10. The monoisotopic (exact) mass is 151 g/mol. The predicted molar refractivity (Wildman–Crippen MR) is 46.6 cm³/mol. The Labute approximate surface area is 66.9 Å². The molecule has 0 radical (unpaired) electrons. The van der Waals surface area contributed by atoms with E-state index >= 15 is 0 Å². The molecular weight excluding hydrogens is 138 g/mol. The molecule has 2 heteroatoms. The van der Waals surface area contributed by atoms with E-state index in [9.17, 15) is 0 Å². The molecule has 0 atom stereocenters. The Bertz CT molecular complexity index is 245. The van der Waals surface area contributed by atoms with E-state index in [0.29, 0.717) is 0 Å². The Morgan fingerprint density at radius 3 is 2.73 bits per heavy atom. The van der Waals surface area contributed by atoms with Crippen LogP contribution in [0.25, 0.3) is 0 Å². The van der Waals surface area contributed by atoms with Gasteiger partial charge in [-0.15, -0.1) is 0 Å². The van der Waals surface area contributed by atoms with Gasteiger partial charge in [-0.3, -0.25) is 0 Å². The van der Waals surface area contributed by atoms with Crippen LogP contribution in [0.2, 0.25) is 0 Å². The van der Waals surface area contributed by atoms with Crippen LogP contribution in [0.4, 0.5) is 5.69 Å². The van der Waals surface area contributed by atoms with E-state index in [2.05, 4.69) is 5.32 Å². The van der Waals surface area contributed by atoms with Gasteiger partial charge in [-0.25, -0.2) is 0 Å². The van der Waals surface area contributed by atoms with Crippen LogP contribution >= 0.6 is 0 Å². The van der Waals surface area contributed by atoms with Crippen LogP contribution in [-0.2, 0) is 6.61 Å². The standard InChI is InChI=1S/C9H13NO/c1-7-3-4-9(10-2)5-8(7)6-11/h3-5,10-11H,6H2,1-2H3. The Hall–Kier alpha value is -1.02. The fourth-order valence-electron chi connectivity index (χ4n) is 0.997. The summed E-state index contributed by atoms with van der Waals surface area (Å²) in [5.74, 6) is 0. The molecule has 2 nitrogen and oxygen atoms in total. The lowest BCUT2D eigenvalue weighted by Gasteiger charge is -2.05. The summed E-state index contributed by atoms with van der Waals surface area (Å²) >= 11 is 0. The first-order chi connectivity index (χ1) is 5.27. The number of benzene rings is 1. The van der Waals surface area contributed by atoms with Crippen molar-refractivity contribution in [3.63, 3.8) is 0 Å². The van der Waals surface area contributed by atoms with Crippen molar-refractivity contribution in [2.24, 2.45) is 0 Å². The number of aliphatic hydroxyl groups is 1. The van der Waals surface area contributed by atoms with E-state index < -0.39 is 0 Å². The largest absolute Gasteiger partial charge is 0.392 e. The molecule has 0 heterocycles. The Balaban J connectivity index is 3.02. The molecule has 1 rings (SSSR count). The summed E-state index contributed by atoms with van der Waals surface area (Å²) in [5.41, 5.74) is 3.16. The van der Waals surface area contributed by atoms with E-state index in [1.807, 2.05) is 32.2 Å². The number of aryl methyl sites for hydroxylation is 1. The zero-order valence-electron chi connectivity index (χ0n) is 6.89. The molecule has 1 aromatic rings. The molecule has 0 spiro atoms. The number of aliphatic hydroxyl groups excluding tert-OH is 1. The maximum atomic E-state index is 8.91. The van der Waals surface area contributed by atoms with Crippen LogP contribution in [0.1, 0.15) is 11.1 Å². The van der Waals surface area contributed by atoms with Crippen molar-refractivity contribution >= 4 is 5.69 Å². The van der Waals surface area contributed by atoms with Crippen molar-refractivity contribution in [1.82, 2.24) is 0 Å². The van der Waals surface area contributed by atoms with Gasteiger partial charge in [-0.1, -0.05) is 6.07 Å². The van der Waals surface area contributed by atoms with Crippen molar-refractivity contribution in [3.8, 4) is 0 Å². The molecule has 1 aromatic carbocycles. The van der Waals surface area contributed by atoms with Gasteiger partial charge in [0.2, 0.25) is 0 Å². The second-order valence-electron chi connectivity index (χ2n) is 2.55. The first-order valence-electron chi connectivity index (χ1n) is 3.66. The molecule has 0 aliphatic carbocycles. The molecule has 0 saturated heterocycles. The second-order valence-corrected chi connectivity index (χ2v) is 2.55. The van der Waals surface area contributed by atoms with Crippen molar-refractivity contribution in [3.05, 3.63) is 29.3 Å². The maximum absolute atomic E-state index is 8.91. The third-order valence-electron chi connectivity index (χ3n) is 1.81. The summed E-state index contributed by atoms with van der Waals surface area (Å²) in [7, 11) is 1.87. The normalized spacial score (nSPS) is 9.73. The van der Waals surface area contributed by atoms with Crippen molar-refractivity contribution in [2.45, 2.75) is 13.5 Å². The molecule has 2 N–H and O–H groups in total. The summed E-state index contributed by atoms with van der Waals surface area (Å²) in [6.07, 6.45) is 0. The van der Waals surface area contributed by atoms with Gasteiger partial charge in [0, 0.05) is 12.7 Å². The number of nitrogens with one attached hydrogen (secondary N) is 1. The van der Waals surface area contributed by atoms with Crippen LogP contribution in [0.5, 0.6) is 0 Å². The molecule has 0 fully saturated rings. The number of hydrogen-bond acceptors (Lipinski definition) is 2. The van der Waals surface area contributed by atoms with E-state index in [1.54, 1.807) is 0 Å². The minimum Gasteiger partial charge on any atom is -0.392 e. The lowest BCUT2D eigenvalue weighted by molar-refractivity contribution is 0.281. The van der Waals surface area contributed by atoms with Crippen molar-refractivity contribution < 1.29 is 5.11 Å². The summed E-state index contributed by atoms with van der Waals surface area (Å²) < 4.78 is 0. The van der Waals surface area contributed by atoms with E-state index in [-0.39, 0.29) is 6.61 Å². The zero-order chi connectivity index (χ0) is 8.27. The van der Waals surface area contributed by atoms with Gasteiger partial charge in [0.15, 0.2) is 0 Å². The molecule has 0 bridgehead atoms. The highest BCUT2D eigenvalue weighted by molar-refractivity contribution is 5.47. The maximum Gasteiger partial charge on any atom is 0.0685 e. The van der Waals surface area contributed by atoms with Gasteiger partial charge in [0.25, 0.3) is 0 Å². The number of hydrogen-bond donors (Lipinski definition) is 2. The van der Waals surface area contributed by atoms with Gasteiger partial charge in [-0.05, 0) is 30.2 Å². The molecular formula is C9H13NO. The smallest absolute Gasteiger partial charge is 0.0685 e. The van der Waals surface area contributed by atoms with Gasteiger partial charge in [0.05, 0.1) is 6.61 Å². The summed E-state index contributed by atoms with van der Waals surface area (Å²) in [6, 6.07) is 5.95. The highest BCUT2D eigenvalue weighted by Crippen LogP contribution is 2.14. The third kappa shape index (κ3) is 1.71. The third-order valence-corrected chi connectivity index (χ3v) is 1.81.